The maximum atomic E-state index is 11.7. The van der Waals surface area contributed by atoms with Crippen LogP contribution in [0.25, 0.3) is 0 Å². The number of nitrogens with one attached hydrogen (secondary N) is 2. The number of nitrogens with zero attached hydrogens (tertiary/aromatic N) is 1. The lowest BCUT2D eigenvalue weighted by Crippen LogP contribution is -2.52. The van der Waals surface area contributed by atoms with Crippen LogP contribution < -0.4 is 10.6 Å². The summed E-state index contributed by atoms with van der Waals surface area (Å²) in [5, 5.41) is 7.53. The zero-order valence-electron chi connectivity index (χ0n) is 9.86. The van der Waals surface area contributed by atoms with Gasteiger partial charge >= 0.3 is 0 Å². The average Bonchev–Trinajstić information content (AvgIpc) is 2.68. The monoisotopic (exact) mass is 267 g/mol. The molecule has 2 heterocycles. The van der Waals surface area contributed by atoms with Gasteiger partial charge in [-0.1, -0.05) is 0 Å². The summed E-state index contributed by atoms with van der Waals surface area (Å²) in [5.74, 6) is -0.982. The van der Waals surface area contributed by atoms with Gasteiger partial charge in [0.2, 0.25) is 17.7 Å². The van der Waals surface area contributed by atoms with Gasteiger partial charge in [0.1, 0.15) is 6.04 Å². The number of hydrogen-bond acceptors (Lipinski definition) is 5. The van der Waals surface area contributed by atoms with E-state index in [1.807, 2.05) is 12.3 Å². The molecule has 0 saturated carbocycles. The number of thiazole rings is 1. The standard InChI is InChI=1S/C11H13N3O3S/c1-6-12-7(5-18-6)4-10(16)13-8-2-3-9(15)14-11(8)17/h5,8H,2-4H2,1H3,(H,13,16)(H,14,15,17). The van der Waals surface area contributed by atoms with Crippen molar-refractivity contribution in [3.63, 3.8) is 0 Å². The smallest absolute Gasteiger partial charge is 0.249 e. The normalized spacial score (nSPS) is 19.5. The van der Waals surface area contributed by atoms with Crippen LogP contribution in [0.3, 0.4) is 0 Å². The Morgan fingerprint density at radius 3 is 3.00 bits per heavy atom. The number of carbonyl (C=O) groups excluding carboxylic acids is 3. The summed E-state index contributed by atoms with van der Waals surface area (Å²) in [6, 6.07) is -0.616. The van der Waals surface area contributed by atoms with Crippen LogP contribution in [0.1, 0.15) is 23.5 Å². The number of aromatic nitrogens is 1. The second kappa shape index (κ2) is 5.26. The fraction of sp³-hybridized carbons (Fsp3) is 0.455. The van der Waals surface area contributed by atoms with E-state index in [4.69, 9.17) is 0 Å². The van der Waals surface area contributed by atoms with Gasteiger partial charge in [0.25, 0.3) is 0 Å². The molecule has 0 aromatic carbocycles. The lowest BCUT2D eigenvalue weighted by atomic mass is 10.1. The maximum absolute atomic E-state index is 11.7. The van der Waals surface area contributed by atoms with Gasteiger partial charge in [-0.2, -0.15) is 0 Å². The Balaban J connectivity index is 1.87. The summed E-state index contributed by atoms with van der Waals surface area (Å²) >= 11 is 1.48. The van der Waals surface area contributed by atoms with Gasteiger partial charge in [-0.25, -0.2) is 4.98 Å². The molecule has 1 saturated heterocycles. The zero-order valence-corrected chi connectivity index (χ0v) is 10.7. The van der Waals surface area contributed by atoms with Crippen LogP contribution in [0.5, 0.6) is 0 Å². The molecular formula is C11H13N3O3S. The van der Waals surface area contributed by atoms with Crippen molar-refractivity contribution < 1.29 is 14.4 Å². The van der Waals surface area contributed by atoms with E-state index in [0.717, 1.165) is 5.01 Å². The van der Waals surface area contributed by atoms with Crippen LogP contribution in [0.15, 0.2) is 5.38 Å². The van der Waals surface area contributed by atoms with E-state index in [9.17, 15) is 14.4 Å². The van der Waals surface area contributed by atoms with Crippen molar-refractivity contribution in [3.05, 3.63) is 16.1 Å². The Hall–Kier alpha value is -1.76. The molecule has 6 nitrogen and oxygen atoms in total. The van der Waals surface area contributed by atoms with Crippen LogP contribution in [-0.2, 0) is 20.8 Å². The summed E-state index contributed by atoms with van der Waals surface area (Å²) in [5.41, 5.74) is 0.697. The number of rotatable bonds is 3. The van der Waals surface area contributed by atoms with E-state index < -0.39 is 11.9 Å². The summed E-state index contributed by atoms with van der Waals surface area (Å²) in [6.45, 7) is 1.87. The molecule has 1 aliphatic rings. The van der Waals surface area contributed by atoms with Gasteiger partial charge in [0.05, 0.1) is 17.1 Å². The van der Waals surface area contributed by atoms with E-state index in [1.54, 1.807) is 0 Å². The molecule has 0 radical (unpaired) electrons. The minimum Gasteiger partial charge on any atom is -0.344 e. The van der Waals surface area contributed by atoms with Crippen LogP contribution in [0, 0.1) is 6.92 Å². The summed E-state index contributed by atoms with van der Waals surface area (Å²) in [4.78, 5) is 38.3. The van der Waals surface area contributed by atoms with Crippen LogP contribution in [-0.4, -0.2) is 28.7 Å². The number of hydrogen-bond donors (Lipinski definition) is 2. The van der Waals surface area contributed by atoms with Crippen molar-refractivity contribution in [1.82, 2.24) is 15.6 Å². The molecule has 0 aliphatic carbocycles. The predicted octanol–water partition coefficient (Wildman–Crippen LogP) is -0.0846. The maximum Gasteiger partial charge on any atom is 0.249 e. The molecule has 2 N–H and O–H groups in total. The molecule has 1 aromatic heterocycles. The highest BCUT2D eigenvalue weighted by atomic mass is 32.1. The first kappa shape index (κ1) is 12.7. The van der Waals surface area contributed by atoms with Crippen LogP contribution in [0.2, 0.25) is 0 Å². The van der Waals surface area contributed by atoms with Gasteiger partial charge < -0.3 is 5.32 Å². The fourth-order valence-electron chi connectivity index (χ4n) is 1.73. The van der Waals surface area contributed by atoms with E-state index in [-0.39, 0.29) is 24.7 Å². The van der Waals surface area contributed by atoms with Crippen molar-refractivity contribution in [2.45, 2.75) is 32.2 Å². The SMILES string of the molecule is Cc1nc(CC(=O)NC2CCC(=O)NC2=O)cs1. The minimum absolute atomic E-state index is 0.155. The van der Waals surface area contributed by atoms with E-state index >= 15 is 0 Å². The number of aryl methyl sites for hydroxylation is 1. The molecule has 7 heteroatoms. The lowest BCUT2D eigenvalue weighted by Gasteiger charge is -2.21. The van der Waals surface area contributed by atoms with Gasteiger partial charge in [-0.05, 0) is 13.3 Å². The number of imide groups is 1. The van der Waals surface area contributed by atoms with Gasteiger partial charge in [-0.3, -0.25) is 19.7 Å². The summed E-state index contributed by atoms with van der Waals surface area (Å²) in [6.07, 6.45) is 0.765. The third-order valence-electron chi connectivity index (χ3n) is 2.58. The molecule has 1 fully saturated rings. The van der Waals surface area contributed by atoms with Crippen molar-refractivity contribution in [3.8, 4) is 0 Å². The number of amides is 3. The Labute approximate surface area is 108 Å². The van der Waals surface area contributed by atoms with E-state index in [2.05, 4.69) is 15.6 Å². The molecular weight excluding hydrogens is 254 g/mol. The molecule has 2 rings (SSSR count). The molecule has 1 unspecified atom stereocenters. The third kappa shape index (κ3) is 3.13. The Morgan fingerprint density at radius 2 is 2.39 bits per heavy atom. The first-order valence-electron chi connectivity index (χ1n) is 5.58. The zero-order chi connectivity index (χ0) is 13.1. The largest absolute Gasteiger partial charge is 0.344 e. The fourth-order valence-corrected chi connectivity index (χ4v) is 2.34. The highest BCUT2D eigenvalue weighted by Crippen LogP contribution is 2.09. The predicted molar refractivity (Wildman–Crippen MR) is 64.9 cm³/mol. The van der Waals surface area contributed by atoms with Crippen LogP contribution >= 0.6 is 11.3 Å². The molecule has 1 aliphatic heterocycles. The first-order valence-corrected chi connectivity index (χ1v) is 6.46. The molecule has 1 aromatic rings. The number of carbonyl (C=O) groups is 3. The third-order valence-corrected chi connectivity index (χ3v) is 3.40. The molecule has 3 amide bonds. The highest BCUT2D eigenvalue weighted by molar-refractivity contribution is 7.09. The van der Waals surface area contributed by atoms with Gasteiger partial charge in [0.15, 0.2) is 0 Å². The topological polar surface area (TPSA) is 88.2 Å². The average molecular weight is 267 g/mol. The number of piperidine rings is 1. The van der Waals surface area contributed by atoms with Crippen molar-refractivity contribution in [2.24, 2.45) is 0 Å². The summed E-state index contributed by atoms with van der Waals surface area (Å²) in [7, 11) is 0. The molecule has 0 bridgehead atoms. The molecule has 0 spiro atoms. The molecule has 96 valence electrons. The van der Waals surface area contributed by atoms with Crippen LogP contribution in [0.4, 0.5) is 0 Å². The van der Waals surface area contributed by atoms with Crippen molar-refractivity contribution >= 4 is 29.1 Å². The van der Waals surface area contributed by atoms with Gasteiger partial charge in [-0.15, -0.1) is 11.3 Å². The van der Waals surface area contributed by atoms with E-state index in [0.29, 0.717) is 12.1 Å². The summed E-state index contributed by atoms with van der Waals surface area (Å²) < 4.78 is 0. The van der Waals surface area contributed by atoms with Crippen molar-refractivity contribution in [1.29, 1.82) is 0 Å². The second-order valence-corrected chi connectivity index (χ2v) is 5.17. The van der Waals surface area contributed by atoms with Crippen molar-refractivity contribution in [2.75, 3.05) is 0 Å². The molecule has 18 heavy (non-hydrogen) atoms. The highest BCUT2D eigenvalue weighted by Gasteiger charge is 2.27. The lowest BCUT2D eigenvalue weighted by molar-refractivity contribution is -0.137. The van der Waals surface area contributed by atoms with E-state index in [1.165, 1.54) is 11.3 Å². The quantitative estimate of drug-likeness (QED) is 0.749. The Bertz CT molecular complexity index is 497. The second-order valence-electron chi connectivity index (χ2n) is 4.11. The van der Waals surface area contributed by atoms with Gasteiger partial charge in [0, 0.05) is 11.8 Å². The first-order chi connectivity index (χ1) is 8.54. The Kier molecular flexibility index (Phi) is 3.71. The molecule has 1 atom stereocenters. The Morgan fingerprint density at radius 1 is 1.61 bits per heavy atom. The minimum atomic E-state index is -0.616.